The summed E-state index contributed by atoms with van der Waals surface area (Å²) in [5.74, 6) is 3.44. The van der Waals surface area contributed by atoms with Crippen molar-refractivity contribution in [2.75, 3.05) is 0 Å². The molecular formula is C10H15N3O. The van der Waals surface area contributed by atoms with Gasteiger partial charge in [0.05, 0.1) is 0 Å². The Kier molecular flexibility index (Phi) is 1.68. The third-order valence-electron chi connectivity index (χ3n) is 3.42. The van der Waals surface area contributed by atoms with Crippen LogP contribution in [0.5, 0.6) is 0 Å². The summed E-state index contributed by atoms with van der Waals surface area (Å²) in [6.45, 7) is 2.22. The van der Waals surface area contributed by atoms with Crippen molar-refractivity contribution in [3.05, 3.63) is 11.7 Å². The van der Waals surface area contributed by atoms with Crippen LogP contribution in [0.25, 0.3) is 0 Å². The molecule has 2 fully saturated rings. The molecule has 0 spiro atoms. The van der Waals surface area contributed by atoms with E-state index in [0.717, 1.165) is 30.5 Å². The van der Waals surface area contributed by atoms with E-state index < -0.39 is 0 Å². The average molecular weight is 193 g/mol. The van der Waals surface area contributed by atoms with E-state index in [0.29, 0.717) is 17.9 Å². The molecule has 0 saturated heterocycles. The number of nitrogens with zero attached hydrogens (tertiary/aromatic N) is 2. The van der Waals surface area contributed by atoms with Crippen LogP contribution >= 0.6 is 0 Å². The number of hydrogen-bond acceptors (Lipinski definition) is 4. The Bertz CT molecular complexity index is 343. The van der Waals surface area contributed by atoms with E-state index in [4.69, 9.17) is 10.3 Å². The van der Waals surface area contributed by atoms with Crippen molar-refractivity contribution in [3.63, 3.8) is 0 Å². The molecule has 4 heteroatoms. The Morgan fingerprint density at radius 3 is 2.64 bits per heavy atom. The maximum absolute atomic E-state index is 5.72. The minimum absolute atomic E-state index is 0.343. The summed E-state index contributed by atoms with van der Waals surface area (Å²) < 4.78 is 5.25. The summed E-state index contributed by atoms with van der Waals surface area (Å²) in [6.07, 6.45) is 3.22. The van der Waals surface area contributed by atoms with Gasteiger partial charge < -0.3 is 10.3 Å². The highest BCUT2D eigenvalue weighted by molar-refractivity contribution is 5.10. The monoisotopic (exact) mass is 193 g/mol. The van der Waals surface area contributed by atoms with Gasteiger partial charge in [0.25, 0.3) is 0 Å². The normalized spacial score (nSPS) is 40.7. The largest absolute Gasteiger partial charge is 0.339 e. The fraction of sp³-hybridized carbons (Fsp3) is 0.800. The minimum atomic E-state index is 0.343. The third-order valence-corrected chi connectivity index (χ3v) is 3.42. The number of aromatic nitrogens is 2. The van der Waals surface area contributed by atoms with Gasteiger partial charge in [-0.2, -0.15) is 4.98 Å². The van der Waals surface area contributed by atoms with Gasteiger partial charge in [0.15, 0.2) is 5.82 Å². The van der Waals surface area contributed by atoms with E-state index >= 15 is 0 Å². The molecule has 0 radical (unpaired) electrons. The second kappa shape index (κ2) is 2.79. The van der Waals surface area contributed by atoms with Gasteiger partial charge in [-0.25, -0.2) is 0 Å². The fourth-order valence-corrected chi connectivity index (χ4v) is 2.11. The maximum Gasteiger partial charge on any atom is 0.229 e. The van der Waals surface area contributed by atoms with Crippen LogP contribution in [0.1, 0.15) is 49.7 Å². The molecule has 3 rings (SSSR count). The smallest absolute Gasteiger partial charge is 0.229 e. The predicted octanol–water partition coefficient (Wildman–Crippen LogP) is 1.40. The van der Waals surface area contributed by atoms with Crippen molar-refractivity contribution in [1.29, 1.82) is 0 Å². The molecule has 14 heavy (non-hydrogen) atoms. The van der Waals surface area contributed by atoms with E-state index in [9.17, 15) is 0 Å². The van der Waals surface area contributed by atoms with E-state index in [1.165, 1.54) is 6.42 Å². The predicted molar refractivity (Wildman–Crippen MR) is 50.8 cm³/mol. The third kappa shape index (κ3) is 1.25. The van der Waals surface area contributed by atoms with Crippen molar-refractivity contribution in [2.24, 2.45) is 11.7 Å². The Morgan fingerprint density at radius 1 is 1.36 bits per heavy atom. The topological polar surface area (TPSA) is 64.9 Å². The Morgan fingerprint density at radius 2 is 2.07 bits per heavy atom. The second-order valence-corrected chi connectivity index (χ2v) is 4.74. The zero-order valence-corrected chi connectivity index (χ0v) is 8.31. The van der Waals surface area contributed by atoms with E-state index in [2.05, 4.69) is 17.1 Å². The first-order valence-electron chi connectivity index (χ1n) is 5.33. The average Bonchev–Trinajstić information content (AvgIpc) is 2.64. The number of hydrogen-bond donors (Lipinski definition) is 1. The van der Waals surface area contributed by atoms with Crippen LogP contribution in [0, 0.1) is 5.92 Å². The van der Waals surface area contributed by atoms with Crippen molar-refractivity contribution < 1.29 is 4.52 Å². The number of nitrogens with two attached hydrogens (primary N) is 1. The van der Waals surface area contributed by atoms with Gasteiger partial charge in [0.2, 0.25) is 5.89 Å². The summed E-state index contributed by atoms with van der Waals surface area (Å²) in [5, 5.41) is 4.03. The first-order valence-corrected chi connectivity index (χ1v) is 5.33. The summed E-state index contributed by atoms with van der Waals surface area (Å²) in [7, 11) is 0. The van der Waals surface area contributed by atoms with Gasteiger partial charge in [0, 0.05) is 17.9 Å². The highest BCUT2D eigenvalue weighted by Crippen LogP contribution is 2.46. The van der Waals surface area contributed by atoms with Crippen LogP contribution in [-0.4, -0.2) is 16.2 Å². The SMILES string of the molecule is CC1CC1c1noc(C2CC(N)C2)n1. The van der Waals surface area contributed by atoms with Crippen molar-refractivity contribution in [1.82, 2.24) is 10.1 Å². The zero-order chi connectivity index (χ0) is 9.71. The van der Waals surface area contributed by atoms with Crippen LogP contribution in [0.2, 0.25) is 0 Å². The zero-order valence-electron chi connectivity index (χ0n) is 8.31. The van der Waals surface area contributed by atoms with Gasteiger partial charge in [-0.15, -0.1) is 0 Å². The lowest BCUT2D eigenvalue weighted by Crippen LogP contribution is -2.34. The van der Waals surface area contributed by atoms with E-state index in [1.807, 2.05) is 0 Å². The summed E-state index contributed by atoms with van der Waals surface area (Å²) in [4.78, 5) is 4.45. The molecule has 76 valence electrons. The molecule has 0 aliphatic heterocycles. The highest BCUT2D eigenvalue weighted by Gasteiger charge is 2.39. The maximum atomic E-state index is 5.72. The lowest BCUT2D eigenvalue weighted by Gasteiger charge is -2.28. The van der Waals surface area contributed by atoms with Gasteiger partial charge in [-0.3, -0.25) is 0 Å². The van der Waals surface area contributed by atoms with E-state index in [1.54, 1.807) is 0 Å². The quantitative estimate of drug-likeness (QED) is 0.771. The Balaban J connectivity index is 1.71. The van der Waals surface area contributed by atoms with Crippen LogP contribution in [0.3, 0.4) is 0 Å². The summed E-state index contributed by atoms with van der Waals surface area (Å²) in [5.41, 5.74) is 5.72. The first kappa shape index (κ1) is 8.41. The fourth-order valence-electron chi connectivity index (χ4n) is 2.11. The van der Waals surface area contributed by atoms with Crippen LogP contribution in [0.4, 0.5) is 0 Å². The standard InChI is InChI=1S/C10H15N3O/c1-5-2-8(5)9-12-10(14-13-9)6-3-7(11)4-6/h5-8H,2-4,11H2,1H3. The molecule has 0 bridgehead atoms. The molecule has 2 aliphatic carbocycles. The summed E-state index contributed by atoms with van der Waals surface area (Å²) >= 11 is 0. The molecular weight excluding hydrogens is 178 g/mol. The molecule has 0 aromatic carbocycles. The van der Waals surface area contributed by atoms with Gasteiger partial charge >= 0.3 is 0 Å². The molecule has 2 saturated carbocycles. The number of rotatable bonds is 2. The van der Waals surface area contributed by atoms with Crippen LogP contribution in [0.15, 0.2) is 4.52 Å². The van der Waals surface area contributed by atoms with Crippen molar-refractivity contribution >= 4 is 0 Å². The minimum Gasteiger partial charge on any atom is -0.339 e. The van der Waals surface area contributed by atoms with Crippen LogP contribution < -0.4 is 5.73 Å². The molecule has 4 nitrogen and oxygen atoms in total. The molecule has 1 aromatic heterocycles. The molecule has 0 amide bonds. The first-order chi connectivity index (χ1) is 6.74. The molecule has 2 aliphatic rings. The second-order valence-electron chi connectivity index (χ2n) is 4.74. The molecule has 2 unspecified atom stereocenters. The highest BCUT2D eigenvalue weighted by atomic mass is 16.5. The van der Waals surface area contributed by atoms with Crippen LogP contribution in [-0.2, 0) is 0 Å². The van der Waals surface area contributed by atoms with Gasteiger partial charge in [0.1, 0.15) is 0 Å². The Hall–Kier alpha value is -0.900. The van der Waals surface area contributed by atoms with Crippen molar-refractivity contribution in [2.45, 2.75) is 44.1 Å². The molecule has 1 aromatic rings. The molecule has 1 heterocycles. The van der Waals surface area contributed by atoms with Crippen molar-refractivity contribution in [3.8, 4) is 0 Å². The summed E-state index contributed by atoms with van der Waals surface area (Å²) in [6, 6.07) is 0.343. The Labute approximate surface area is 82.9 Å². The molecule has 2 N–H and O–H groups in total. The molecule has 2 atom stereocenters. The van der Waals surface area contributed by atoms with E-state index in [-0.39, 0.29) is 0 Å². The lowest BCUT2D eigenvalue weighted by atomic mass is 9.81. The van der Waals surface area contributed by atoms with Gasteiger partial charge in [-0.1, -0.05) is 12.1 Å². The van der Waals surface area contributed by atoms with Gasteiger partial charge in [-0.05, 0) is 25.2 Å². The lowest BCUT2D eigenvalue weighted by molar-refractivity contribution is 0.264.